The Bertz CT molecular complexity index is 1700. The van der Waals surface area contributed by atoms with Crippen LogP contribution in [0.3, 0.4) is 0 Å². The number of esters is 1. The molecule has 0 spiro atoms. The first kappa shape index (κ1) is 28.5. The van der Waals surface area contributed by atoms with Crippen LogP contribution in [0.1, 0.15) is 15.9 Å². The molecule has 210 valence electrons. The van der Waals surface area contributed by atoms with Crippen molar-refractivity contribution in [2.24, 2.45) is 5.10 Å². The molecule has 0 bridgehead atoms. The van der Waals surface area contributed by atoms with E-state index in [1.807, 2.05) is 0 Å². The molecule has 0 radical (unpaired) electrons. The van der Waals surface area contributed by atoms with Crippen molar-refractivity contribution in [3.8, 4) is 17.2 Å². The lowest BCUT2D eigenvalue weighted by Crippen LogP contribution is -2.15. The molecule has 2 N–H and O–H groups in total. The molecule has 0 atom stereocenters. The number of aromatic nitrogens is 1. The first-order valence-electron chi connectivity index (χ1n) is 11.7. The normalized spacial score (nSPS) is 11.1. The number of pyridine rings is 1. The van der Waals surface area contributed by atoms with Crippen LogP contribution in [0.25, 0.3) is 0 Å². The molecule has 1 heterocycles. The van der Waals surface area contributed by atoms with Crippen molar-refractivity contribution in [2.45, 2.75) is 4.90 Å². The molecular formula is C27H23N5O8S. The van der Waals surface area contributed by atoms with Gasteiger partial charge in [-0.3, -0.25) is 25.2 Å². The van der Waals surface area contributed by atoms with Crippen molar-refractivity contribution in [3.63, 3.8) is 0 Å². The van der Waals surface area contributed by atoms with Crippen LogP contribution in [0.5, 0.6) is 17.2 Å². The van der Waals surface area contributed by atoms with Crippen molar-refractivity contribution in [1.29, 1.82) is 0 Å². The molecule has 41 heavy (non-hydrogen) atoms. The Morgan fingerprint density at radius 1 is 1.00 bits per heavy atom. The number of hydrogen-bond acceptors (Lipinski definition) is 11. The average molecular weight is 578 g/mol. The largest absolute Gasteiger partial charge is 0.497 e. The van der Waals surface area contributed by atoms with E-state index in [1.165, 1.54) is 57.1 Å². The Balaban J connectivity index is 1.55. The maximum atomic E-state index is 13.2. The van der Waals surface area contributed by atoms with Gasteiger partial charge in [0.1, 0.15) is 10.6 Å². The number of carbonyl (C=O) groups excluding carboxylic acids is 1. The molecule has 0 aliphatic rings. The number of rotatable bonds is 11. The van der Waals surface area contributed by atoms with Gasteiger partial charge in [-0.15, -0.1) is 0 Å². The van der Waals surface area contributed by atoms with E-state index in [9.17, 15) is 23.3 Å². The number of methoxy groups -OCH3 is 2. The Labute approximate surface area is 234 Å². The second-order valence-electron chi connectivity index (χ2n) is 8.18. The fourth-order valence-corrected chi connectivity index (χ4v) is 4.71. The molecule has 0 saturated carbocycles. The SMILES string of the molecule is COc1ccc(NS(=O)(=O)c2cc([N+](=O)[O-])ccc2N/N=C\c2ccc(OC(=O)c3cccnc3)c(OC)c2)cc1. The van der Waals surface area contributed by atoms with Crippen LogP contribution < -0.4 is 24.4 Å². The molecule has 14 heteroatoms. The van der Waals surface area contributed by atoms with Crippen molar-refractivity contribution in [3.05, 3.63) is 106 Å². The first-order valence-corrected chi connectivity index (χ1v) is 13.2. The molecule has 0 saturated heterocycles. The van der Waals surface area contributed by atoms with Crippen LogP contribution in [0, 0.1) is 10.1 Å². The molecule has 4 rings (SSSR count). The van der Waals surface area contributed by atoms with Gasteiger partial charge in [0.25, 0.3) is 15.7 Å². The monoisotopic (exact) mass is 577 g/mol. The smallest absolute Gasteiger partial charge is 0.345 e. The fraction of sp³-hybridized carbons (Fsp3) is 0.0741. The minimum Gasteiger partial charge on any atom is -0.497 e. The van der Waals surface area contributed by atoms with Gasteiger partial charge in [-0.2, -0.15) is 5.10 Å². The molecule has 4 aromatic rings. The number of sulfonamides is 1. The second-order valence-corrected chi connectivity index (χ2v) is 9.83. The molecular weight excluding hydrogens is 554 g/mol. The number of nitrogens with zero attached hydrogens (tertiary/aromatic N) is 3. The summed E-state index contributed by atoms with van der Waals surface area (Å²) >= 11 is 0. The maximum absolute atomic E-state index is 13.2. The molecule has 1 aromatic heterocycles. The van der Waals surface area contributed by atoms with E-state index in [2.05, 4.69) is 20.2 Å². The van der Waals surface area contributed by atoms with Gasteiger partial charge in [-0.25, -0.2) is 13.2 Å². The van der Waals surface area contributed by atoms with Gasteiger partial charge in [0, 0.05) is 30.2 Å². The number of non-ortho nitro benzene ring substituents is 1. The number of nitro benzene ring substituents is 1. The Morgan fingerprint density at radius 2 is 1.78 bits per heavy atom. The van der Waals surface area contributed by atoms with E-state index in [1.54, 1.807) is 36.4 Å². The lowest BCUT2D eigenvalue weighted by molar-refractivity contribution is -0.385. The quantitative estimate of drug-likeness (QED) is 0.0851. The Hall–Kier alpha value is -5.50. The third-order valence-electron chi connectivity index (χ3n) is 5.49. The number of nitro groups is 1. The van der Waals surface area contributed by atoms with Crippen molar-refractivity contribution in [1.82, 2.24) is 4.98 Å². The first-order chi connectivity index (χ1) is 19.7. The minimum atomic E-state index is -4.27. The zero-order valence-corrected chi connectivity index (χ0v) is 22.5. The molecule has 0 aliphatic carbocycles. The van der Waals surface area contributed by atoms with E-state index < -0.39 is 31.5 Å². The van der Waals surface area contributed by atoms with Gasteiger partial charge >= 0.3 is 5.97 Å². The summed E-state index contributed by atoms with van der Waals surface area (Å²) < 4.78 is 44.5. The second kappa shape index (κ2) is 12.6. The standard InChI is InChI=1S/C27H23N5O8S/c1-38-22-9-6-20(7-10-22)31-41(36,37)26-15-21(32(34)35)8-11-23(26)30-29-16-18-5-12-24(25(14-18)39-2)40-27(33)19-4-3-13-28-17-19/h3-17,30-31H,1-2H3/b29-16-. The van der Waals surface area contributed by atoms with Gasteiger partial charge < -0.3 is 14.2 Å². The molecule has 13 nitrogen and oxygen atoms in total. The summed E-state index contributed by atoms with van der Waals surface area (Å²) in [5, 5.41) is 15.4. The number of carbonyl (C=O) groups is 1. The summed E-state index contributed by atoms with van der Waals surface area (Å²) in [6.45, 7) is 0. The van der Waals surface area contributed by atoms with Crippen LogP contribution in [0.15, 0.2) is 95.2 Å². The number of hydrazone groups is 1. The van der Waals surface area contributed by atoms with E-state index in [4.69, 9.17) is 14.2 Å². The minimum absolute atomic E-state index is 0.0122. The van der Waals surface area contributed by atoms with Crippen LogP contribution in [-0.4, -0.2) is 44.7 Å². The third kappa shape index (κ3) is 7.13. The zero-order chi connectivity index (χ0) is 29.4. The Morgan fingerprint density at radius 3 is 2.44 bits per heavy atom. The highest BCUT2D eigenvalue weighted by atomic mass is 32.2. The summed E-state index contributed by atoms with van der Waals surface area (Å²) in [6.07, 6.45) is 4.27. The summed E-state index contributed by atoms with van der Waals surface area (Å²) in [5.74, 6) is 0.319. The van der Waals surface area contributed by atoms with Gasteiger partial charge in [-0.05, 0) is 66.2 Å². The number of benzene rings is 3. The summed E-state index contributed by atoms with van der Waals surface area (Å²) in [6, 6.07) is 17.3. The van der Waals surface area contributed by atoms with Crippen LogP contribution in [-0.2, 0) is 10.0 Å². The van der Waals surface area contributed by atoms with Gasteiger partial charge in [-0.1, -0.05) is 0 Å². The van der Waals surface area contributed by atoms with Crippen LogP contribution >= 0.6 is 0 Å². The highest BCUT2D eigenvalue weighted by Crippen LogP contribution is 2.30. The van der Waals surface area contributed by atoms with Crippen molar-refractivity contribution in [2.75, 3.05) is 24.4 Å². The van der Waals surface area contributed by atoms with Gasteiger partial charge in [0.05, 0.1) is 36.6 Å². The molecule has 0 fully saturated rings. The lowest BCUT2D eigenvalue weighted by atomic mass is 10.2. The Kier molecular flexibility index (Phi) is 8.74. The molecule has 0 aliphatic heterocycles. The highest BCUT2D eigenvalue weighted by Gasteiger charge is 2.23. The van der Waals surface area contributed by atoms with E-state index >= 15 is 0 Å². The predicted molar refractivity (Wildman–Crippen MR) is 150 cm³/mol. The predicted octanol–water partition coefficient (Wildman–Crippen LogP) is 4.47. The molecule has 0 unspecified atom stereocenters. The topological polar surface area (TPSA) is 171 Å². The number of ether oxygens (including phenoxy) is 3. The summed E-state index contributed by atoms with van der Waals surface area (Å²) in [7, 11) is -1.39. The number of hydrogen-bond donors (Lipinski definition) is 2. The van der Waals surface area contributed by atoms with Crippen molar-refractivity contribution >= 4 is 39.3 Å². The van der Waals surface area contributed by atoms with Crippen LogP contribution in [0.2, 0.25) is 0 Å². The number of anilines is 2. The van der Waals surface area contributed by atoms with Gasteiger partial charge in [0.15, 0.2) is 11.5 Å². The lowest BCUT2D eigenvalue weighted by Gasteiger charge is -2.12. The third-order valence-corrected chi connectivity index (χ3v) is 6.92. The average Bonchev–Trinajstić information content (AvgIpc) is 2.98. The van der Waals surface area contributed by atoms with Crippen LogP contribution in [0.4, 0.5) is 17.1 Å². The maximum Gasteiger partial charge on any atom is 0.345 e. The van der Waals surface area contributed by atoms with E-state index in [0.29, 0.717) is 11.3 Å². The molecule has 3 aromatic carbocycles. The fourth-order valence-electron chi connectivity index (χ4n) is 3.48. The molecule has 0 amide bonds. The summed E-state index contributed by atoms with van der Waals surface area (Å²) in [4.78, 5) is 26.5. The van der Waals surface area contributed by atoms with Crippen molar-refractivity contribution < 1.29 is 32.3 Å². The highest BCUT2D eigenvalue weighted by molar-refractivity contribution is 7.92. The zero-order valence-electron chi connectivity index (χ0n) is 21.7. The summed E-state index contributed by atoms with van der Waals surface area (Å²) in [5.41, 5.74) is 3.19. The number of nitrogens with one attached hydrogen (secondary N) is 2. The van der Waals surface area contributed by atoms with E-state index in [0.717, 1.165) is 12.1 Å². The van der Waals surface area contributed by atoms with Gasteiger partial charge in [0.2, 0.25) is 0 Å². The van der Waals surface area contributed by atoms with E-state index in [-0.39, 0.29) is 28.4 Å².